The molecule has 1 N–H and O–H groups in total. The molecule has 1 fully saturated rings. The number of nitrogens with zero attached hydrogens (tertiary/aromatic N) is 1. The highest BCUT2D eigenvalue weighted by molar-refractivity contribution is 5.72. The van der Waals surface area contributed by atoms with Crippen LogP contribution < -0.4 is 0 Å². The Morgan fingerprint density at radius 3 is 2.44 bits per heavy atom. The van der Waals surface area contributed by atoms with Crippen LogP contribution in [0.2, 0.25) is 0 Å². The fourth-order valence-electron chi connectivity index (χ4n) is 2.25. The Hall–Kier alpha value is -1.35. The first-order valence-electron chi connectivity index (χ1n) is 6.60. The van der Waals surface area contributed by atoms with Gasteiger partial charge in [-0.2, -0.15) is 0 Å². The zero-order valence-electron chi connectivity index (χ0n) is 11.1. The summed E-state index contributed by atoms with van der Waals surface area (Å²) in [5.74, 6) is -0.0155. The zero-order chi connectivity index (χ0) is 13.1. The minimum absolute atomic E-state index is 0.448. The van der Waals surface area contributed by atoms with Crippen molar-refractivity contribution in [3.63, 3.8) is 0 Å². The lowest BCUT2D eigenvalue weighted by molar-refractivity contribution is -0.142. The topological polar surface area (TPSA) is 40.5 Å². The number of benzene rings is 1. The molecule has 1 aliphatic rings. The molecule has 18 heavy (non-hydrogen) atoms. The minimum atomic E-state index is -0.774. The SMILES string of the molecule is CC(C(=O)O)N(C)Cc1ccc(C2CCC2)cc1. The molecule has 0 heterocycles. The summed E-state index contributed by atoms with van der Waals surface area (Å²) in [5.41, 5.74) is 2.60. The van der Waals surface area contributed by atoms with Crippen LogP contribution in [-0.4, -0.2) is 29.1 Å². The van der Waals surface area contributed by atoms with Crippen LogP contribution >= 0.6 is 0 Å². The Bertz CT molecular complexity index is 409. The zero-order valence-corrected chi connectivity index (χ0v) is 11.1. The maximum atomic E-state index is 10.9. The molecule has 1 aromatic rings. The van der Waals surface area contributed by atoms with Crippen LogP contribution in [0.5, 0.6) is 0 Å². The van der Waals surface area contributed by atoms with Crippen LogP contribution in [0, 0.1) is 0 Å². The number of likely N-dealkylation sites (N-methyl/N-ethyl adjacent to an activating group) is 1. The van der Waals surface area contributed by atoms with Crippen molar-refractivity contribution in [1.82, 2.24) is 4.90 Å². The number of carboxylic acid groups (broad SMARTS) is 1. The number of carbonyl (C=O) groups is 1. The van der Waals surface area contributed by atoms with Gasteiger partial charge < -0.3 is 5.11 Å². The van der Waals surface area contributed by atoms with Crippen molar-refractivity contribution in [2.75, 3.05) is 7.05 Å². The van der Waals surface area contributed by atoms with Gasteiger partial charge in [0.2, 0.25) is 0 Å². The first-order chi connectivity index (χ1) is 8.58. The van der Waals surface area contributed by atoms with E-state index < -0.39 is 12.0 Å². The lowest BCUT2D eigenvalue weighted by Gasteiger charge is -2.26. The van der Waals surface area contributed by atoms with Gasteiger partial charge in [0.25, 0.3) is 0 Å². The first kappa shape index (κ1) is 13.1. The fraction of sp³-hybridized carbons (Fsp3) is 0.533. The van der Waals surface area contributed by atoms with Gasteiger partial charge >= 0.3 is 5.97 Å². The third-order valence-electron chi connectivity index (χ3n) is 4.01. The molecule has 1 aromatic carbocycles. The lowest BCUT2D eigenvalue weighted by atomic mass is 9.80. The van der Waals surface area contributed by atoms with Crippen molar-refractivity contribution < 1.29 is 9.90 Å². The molecule has 1 atom stereocenters. The summed E-state index contributed by atoms with van der Waals surface area (Å²) in [6.07, 6.45) is 3.98. The summed E-state index contributed by atoms with van der Waals surface area (Å²) in [7, 11) is 1.85. The molecule has 0 spiro atoms. The second-order valence-electron chi connectivity index (χ2n) is 5.30. The Morgan fingerprint density at radius 1 is 1.39 bits per heavy atom. The van der Waals surface area contributed by atoms with Gasteiger partial charge in [0, 0.05) is 6.54 Å². The normalized spacial score (nSPS) is 17.5. The third-order valence-corrected chi connectivity index (χ3v) is 4.01. The largest absolute Gasteiger partial charge is 0.480 e. The van der Waals surface area contributed by atoms with Gasteiger partial charge in [-0.15, -0.1) is 0 Å². The van der Waals surface area contributed by atoms with E-state index in [9.17, 15) is 4.79 Å². The van der Waals surface area contributed by atoms with Gasteiger partial charge in [-0.3, -0.25) is 9.69 Å². The number of aliphatic carboxylic acids is 1. The van der Waals surface area contributed by atoms with E-state index in [1.165, 1.54) is 30.4 Å². The van der Waals surface area contributed by atoms with E-state index in [0.29, 0.717) is 6.54 Å². The van der Waals surface area contributed by atoms with E-state index in [0.717, 1.165) is 5.92 Å². The van der Waals surface area contributed by atoms with E-state index in [1.54, 1.807) is 6.92 Å². The van der Waals surface area contributed by atoms with Crippen LogP contribution in [0.15, 0.2) is 24.3 Å². The van der Waals surface area contributed by atoms with Crippen molar-refractivity contribution in [1.29, 1.82) is 0 Å². The van der Waals surface area contributed by atoms with E-state index in [2.05, 4.69) is 24.3 Å². The Balaban J connectivity index is 1.95. The highest BCUT2D eigenvalue weighted by Crippen LogP contribution is 2.36. The average Bonchev–Trinajstić information content (AvgIpc) is 2.28. The highest BCUT2D eigenvalue weighted by atomic mass is 16.4. The molecule has 1 unspecified atom stereocenters. The highest BCUT2D eigenvalue weighted by Gasteiger charge is 2.20. The summed E-state index contributed by atoms with van der Waals surface area (Å²) in [4.78, 5) is 12.7. The molecule has 0 amide bonds. The van der Waals surface area contributed by atoms with Gasteiger partial charge in [-0.05, 0) is 43.9 Å². The first-order valence-corrected chi connectivity index (χ1v) is 6.60. The molecule has 1 aliphatic carbocycles. The molecule has 0 saturated heterocycles. The van der Waals surface area contributed by atoms with Crippen LogP contribution in [0.25, 0.3) is 0 Å². The van der Waals surface area contributed by atoms with Crippen molar-refractivity contribution in [2.45, 2.75) is 44.7 Å². The summed E-state index contributed by atoms with van der Waals surface area (Å²) in [5, 5.41) is 8.95. The third kappa shape index (κ3) is 2.91. The standard InChI is InChI=1S/C15H21NO2/c1-11(15(17)18)16(2)10-12-6-8-14(9-7-12)13-4-3-5-13/h6-9,11,13H,3-5,10H2,1-2H3,(H,17,18). The number of carboxylic acids is 1. The fourth-order valence-corrected chi connectivity index (χ4v) is 2.25. The molecule has 0 aliphatic heterocycles. The molecular weight excluding hydrogens is 226 g/mol. The van der Waals surface area contributed by atoms with Crippen LogP contribution in [0.1, 0.15) is 43.2 Å². The summed E-state index contributed by atoms with van der Waals surface area (Å²) >= 11 is 0. The predicted molar refractivity (Wildman–Crippen MR) is 71.6 cm³/mol. The summed E-state index contributed by atoms with van der Waals surface area (Å²) in [6.45, 7) is 2.39. The number of hydrogen-bond donors (Lipinski definition) is 1. The summed E-state index contributed by atoms with van der Waals surface area (Å²) < 4.78 is 0. The molecule has 3 nitrogen and oxygen atoms in total. The molecule has 0 aromatic heterocycles. The minimum Gasteiger partial charge on any atom is -0.480 e. The van der Waals surface area contributed by atoms with E-state index >= 15 is 0 Å². The second kappa shape index (κ2) is 5.53. The Kier molecular flexibility index (Phi) is 4.02. The van der Waals surface area contributed by atoms with Crippen molar-refractivity contribution in [3.8, 4) is 0 Å². The van der Waals surface area contributed by atoms with Gasteiger partial charge in [0.15, 0.2) is 0 Å². The number of rotatable bonds is 5. The van der Waals surface area contributed by atoms with Gasteiger partial charge in [-0.1, -0.05) is 30.7 Å². The lowest BCUT2D eigenvalue weighted by Crippen LogP contribution is -2.35. The summed E-state index contributed by atoms with van der Waals surface area (Å²) in [6, 6.07) is 8.19. The smallest absolute Gasteiger partial charge is 0.320 e. The Morgan fingerprint density at radius 2 is 2.00 bits per heavy atom. The Labute approximate surface area is 108 Å². The van der Waals surface area contributed by atoms with Gasteiger partial charge in [0.05, 0.1) is 0 Å². The van der Waals surface area contributed by atoms with Gasteiger partial charge in [0.1, 0.15) is 6.04 Å². The monoisotopic (exact) mass is 247 g/mol. The average molecular weight is 247 g/mol. The van der Waals surface area contributed by atoms with E-state index in [4.69, 9.17) is 5.11 Å². The molecular formula is C15H21NO2. The van der Waals surface area contributed by atoms with E-state index in [1.807, 2.05) is 11.9 Å². The molecule has 3 heteroatoms. The van der Waals surface area contributed by atoms with Crippen molar-refractivity contribution >= 4 is 5.97 Å². The molecule has 98 valence electrons. The predicted octanol–water partition coefficient (Wildman–Crippen LogP) is 2.86. The quantitative estimate of drug-likeness (QED) is 0.869. The maximum Gasteiger partial charge on any atom is 0.320 e. The molecule has 0 radical (unpaired) electrons. The second-order valence-corrected chi connectivity index (χ2v) is 5.30. The van der Waals surface area contributed by atoms with Crippen molar-refractivity contribution in [3.05, 3.63) is 35.4 Å². The number of hydrogen-bond acceptors (Lipinski definition) is 2. The van der Waals surface area contributed by atoms with Crippen molar-refractivity contribution in [2.24, 2.45) is 0 Å². The maximum absolute atomic E-state index is 10.9. The van der Waals surface area contributed by atoms with E-state index in [-0.39, 0.29) is 0 Å². The van der Waals surface area contributed by atoms with Crippen LogP contribution in [-0.2, 0) is 11.3 Å². The molecule has 2 rings (SSSR count). The molecule has 0 bridgehead atoms. The van der Waals surface area contributed by atoms with Crippen LogP contribution in [0.3, 0.4) is 0 Å². The van der Waals surface area contributed by atoms with Crippen LogP contribution in [0.4, 0.5) is 0 Å². The molecule has 1 saturated carbocycles. The van der Waals surface area contributed by atoms with Gasteiger partial charge in [-0.25, -0.2) is 0 Å².